The highest BCUT2D eigenvalue weighted by atomic mass is 79.9. The van der Waals surface area contributed by atoms with Gasteiger partial charge in [-0.15, -0.1) is 0 Å². The Hall–Kier alpha value is -2.34. The van der Waals surface area contributed by atoms with Crippen LogP contribution in [0.1, 0.15) is 31.7 Å². The molecule has 0 aliphatic rings. The number of hydrogen-bond donors (Lipinski definition) is 2. The van der Waals surface area contributed by atoms with Gasteiger partial charge in [0.2, 0.25) is 5.91 Å². The van der Waals surface area contributed by atoms with Crippen LogP contribution in [-0.2, 0) is 9.59 Å². The lowest BCUT2D eigenvalue weighted by Crippen LogP contribution is -2.46. The van der Waals surface area contributed by atoms with Crippen molar-refractivity contribution in [1.29, 1.82) is 0 Å². The lowest BCUT2D eigenvalue weighted by atomic mass is 9.85. The summed E-state index contributed by atoms with van der Waals surface area (Å²) in [5, 5.41) is 0. The van der Waals surface area contributed by atoms with Crippen molar-refractivity contribution >= 4 is 27.7 Å². The Labute approximate surface area is 162 Å². The largest absolute Gasteiger partial charge is 0.484 e. The number of carbonyl (C=O) groups excluding carboxylic acids is 2. The quantitative estimate of drug-likeness (QED) is 0.671. The fraction of sp³-hybridized carbons (Fsp3) is 0.300. The minimum atomic E-state index is -0.422. The number of rotatable bonds is 7. The number of halogens is 1. The minimum absolute atomic E-state index is 0.146. The van der Waals surface area contributed by atoms with Gasteiger partial charge >= 0.3 is 0 Å². The molecule has 2 atom stereocenters. The molecule has 2 N–H and O–H groups in total. The lowest BCUT2D eigenvalue weighted by Gasteiger charge is -2.22. The summed E-state index contributed by atoms with van der Waals surface area (Å²) in [6.07, 6.45) is 0.854. The van der Waals surface area contributed by atoms with Crippen molar-refractivity contribution in [2.24, 2.45) is 5.92 Å². The van der Waals surface area contributed by atoms with Crippen LogP contribution >= 0.6 is 15.9 Å². The third kappa shape index (κ3) is 5.88. The van der Waals surface area contributed by atoms with Gasteiger partial charge in [-0.2, -0.15) is 0 Å². The molecule has 6 heteroatoms. The van der Waals surface area contributed by atoms with Crippen LogP contribution < -0.4 is 15.6 Å². The normalized spacial score (nSPS) is 12.7. The van der Waals surface area contributed by atoms with Gasteiger partial charge in [0.25, 0.3) is 5.91 Å². The van der Waals surface area contributed by atoms with Crippen molar-refractivity contribution in [2.45, 2.75) is 26.2 Å². The van der Waals surface area contributed by atoms with Gasteiger partial charge in [0.15, 0.2) is 6.61 Å². The smallest absolute Gasteiger partial charge is 0.276 e. The third-order valence-electron chi connectivity index (χ3n) is 4.15. The van der Waals surface area contributed by atoms with Gasteiger partial charge in [-0.05, 0) is 29.7 Å². The zero-order chi connectivity index (χ0) is 18.9. The van der Waals surface area contributed by atoms with Crippen molar-refractivity contribution in [3.05, 3.63) is 64.6 Å². The highest BCUT2D eigenvalue weighted by Crippen LogP contribution is 2.26. The number of amides is 2. The van der Waals surface area contributed by atoms with Crippen molar-refractivity contribution in [3.63, 3.8) is 0 Å². The van der Waals surface area contributed by atoms with Crippen molar-refractivity contribution < 1.29 is 14.3 Å². The first kappa shape index (κ1) is 20.0. The molecule has 0 bridgehead atoms. The number of ether oxygens (including phenoxy) is 1. The first-order chi connectivity index (χ1) is 12.5. The Morgan fingerprint density at radius 1 is 1.08 bits per heavy atom. The Morgan fingerprint density at radius 3 is 2.46 bits per heavy atom. The van der Waals surface area contributed by atoms with Gasteiger partial charge in [-0.3, -0.25) is 20.4 Å². The monoisotopic (exact) mass is 418 g/mol. The number of hydrogen-bond acceptors (Lipinski definition) is 3. The molecule has 0 aliphatic carbocycles. The average Bonchev–Trinajstić information content (AvgIpc) is 2.65. The van der Waals surface area contributed by atoms with Crippen LogP contribution in [0.4, 0.5) is 0 Å². The summed E-state index contributed by atoms with van der Waals surface area (Å²) in [5.41, 5.74) is 5.87. The molecule has 0 saturated carbocycles. The predicted octanol–water partition coefficient (Wildman–Crippen LogP) is 3.81. The second-order valence-corrected chi connectivity index (χ2v) is 6.97. The molecule has 0 saturated heterocycles. The standard InChI is InChI=1S/C20H23BrN2O3/c1-3-14(2)19(15-8-5-4-6-9-15)20(25)23-22-18(24)13-26-17-11-7-10-16(21)12-17/h4-12,14,19H,3,13H2,1-2H3,(H,22,24)(H,23,25)/t14-,19+/m1/s1. The first-order valence-corrected chi connectivity index (χ1v) is 9.32. The predicted molar refractivity (Wildman–Crippen MR) is 105 cm³/mol. The minimum Gasteiger partial charge on any atom is -0.484 e. The van der Waals surface area contributed by atoms with Gasteiger partial charge in [0.05, 0.1) is 5.92 Å². The van der Waals surface area contributed by atoms with E-state index in [2.05, 4.69) is 26.8 Å². The van der Waals surface area contributed by atoms with Crippen molar-refractivity contribution in [3.8, 4) is 5.75 Å². The maximum atomic E-state index is 12.6. The van der Waals surface area contributed by atoms with E-state index in [0.717, 1.165) is 16.5 Å². The van der Waals surface area contributed by atoms with E-state index < -0.39 is 5.91 Å². The van der Waals surface area contributed by atoms with Crippen LogP contribution in [0.2, 0.25) is 0 Å². The van der Waals surface area contributed by atoms with Crippen molar-refractivity contribution in [2.75, 3.05) is 6.61 Å². The SMILES string of the molecule is CC[C@@H](C)[C@H](C(=O)NNC(=O)COc1cccc(Br)c1)c1ccccc1. The average molecular weight is 419 g/mol. The number of nitrogens with one attached hydrogen (secondary N) is 2. The molecule has 0 fully saturated rings. The topological polar surface area (TPSA) is 67.4 Å². The fourth-order valence-electron chi connectivity index (χ4n) is 2.59. The fourth-order valence-corrected chi connectivity index (χ4v) is 2.96. The van der Waals surface area contributed by atoms with Gasteiger partial charge in [0.1, 0.15) is 5.75 Å². The van der Waals surface area contributed by atoms with Crippen LogP contribution in [0.5, 0.6) is 5.75 Å². The number of hydrazine groups is 1. The summed E-state index contributed by atoms with van der Waals surface area (Å²) in [5.74, 6) is -0.266. The van der Waals surface area contributed by atoms with Crippen molar-refractivity contribution in [1.82, 2.24) is 10.9 Å². The Kier molecular flexibility index (Phi) is 7.66. The zero-order valence-electron chi connectivity index (χ0n) is 14.9. The molecule has 2 aromatic rings. The molecule has 2 amide bonds. The molecule has 2 aromatic carbocycles. The molecule has 0 heterocycles. The van der Waals surface area contributed by atoms with E-state index in [1.807, 2.05) is 56.3 Å². The van der Waals surface area contributed by atoms with Gasteiger partial charge in [0, 0.05) is 4.47 Å². The third-order valence-corrected chi connectivity index (χ3v) is 4.64. The summed E-state index contributed by atoms with van der Waals surface area (Å²) in [6, 6.07) is 16.8. The van der Waals surface area contributed by atoms with E-state index in [4.69, 9.17) is 4.74 Å². The Bertz CT molecular complexity index is 737. The molecule has 2 rings (SSSR count). The maximum absolute atomic E-state index is 12.6. The maximum Gasteiger partial charge on any atom is 0.276 e. The van der Waals surface area contributed by atoms with Gasteiger partial charge in [-0.1, -0.05) is 72.6 Å². The number of carbonyl (C=O) groups is 2. The molecule has 26 heavy (non-hydrogen) atoms. The van der Waals surface area contributed by atoms with E-state index in [0.29, 0.717) is 5.75 Å². The summed E-state index contributed by atoms with van der Waals surface area (Å²) >= 11 is 3.34. The second-order valence-electron chi connectivity index (χ2n) is 6.06. The van der Waals surface area contributed by atoms with Crippen LogP contribution in [0.15, 0.2) is 59.1 Å². The summed E-state index contributed by atoms with van der Waals surface area (Å²) in [7, 11) is 0. The zero-order valence-corrected chi connectivity index (χ0v) is 16.5. The van der Waals surface area contributed by atoms with Crippen LogP contribution in [0.3, 0.4) is 0 Å². The Balaban J connectivity index is 1.89. The summed E-state index contributed by atoms with van der Waals surface area (Å²) in [6.45, 7) is 3.88. The molecule has 0 aromatic heterocycles. The molecular formula is C20H23BrN2O3. The molecule has 0 spiro atoms. The molecule has 0 unspecified atom stereocenters. The highest BCUT2D eigenvalue weighted by molar-refractivity contribution is 9.10. The second kappa shape index (κ2) is 9.97. The van der Waals surface area contributed by atoms with E-state index >= 15 is 0 Å². The lowest BCUT2D eigenvalue weighted by molar-refractivity contribution is -0.131. The molecule has 0 radical (unpaired) electrons. The van der Waals surface area contributed by atoms with Crippen LogP contribution in [0, 0.1) is 5.92 Å². The first-order valence-electron chi connectivity index (χ1n) is 8.53. The number of benzene rings is 2. The Morgan fingerprint density at radius 2 is 1.81 bits per heavy atom. The van der Waals surface area contributed by atoms with E-state index in [1.54, 1.807) is 12.1 Å². The van der Waals surface area contributed by atoms with Crippen LogP contribution in [-0.4, -0.2) is 18.4 Å². The summed E-state index contributed by atoms with van der Waals surface area (Å²) < 4.78 is 6.27. The van der Waals surface area contributed by atoms with E-state index in [-0.39, 0.29) is 24.3 Å². The van der Waals surface area contributed by atoms with E-state index in [9.17, 15) is 9.59 Å². The molecule has 0 aliphatic heterocycles. The van der Waals surface area contributed by atoms with E-state index in [1.165, 1.54) is 0 Å². The molecular weight excluding hydrogens is 396 g/mol. The van der Waals surface area contributed by atoms with Crippen LogP contribution in [0.25, 0.3) is 0 Å². The molecule has 5 nitrogen and oxygen atoms in total. The highest BCUT2D eigenvalue weighted by Gasteiger charge is 2.26. The van der Waals surface area contributed by atoms with Gasteiger partial charge < -0.3 is 4.74 Å². The molecule has 138 valence electrons. The summed E-state index contributed by atoms with van der Waals surface area (Å²) in [4.78, 5) is 24.5. The van der Waals surface area contributed by atoms with Gasteiger partial charge in [-0.25, -0.2) is 0 Å².